The van der Waals surface area contributed by atoms with E-state index in [1.165, 1.54) is 29.5 Å². The molecule has 4 heteroatoms. The number of nitrogens with zero attached hydrogens (tertiary/aromatic N) is 1. The Bertz CT molecular complexity index is 540. The Morgan fingerprint density at radius 3 is 2.73 bits per heavy atom. The Morgan fingerprint density at radius 2 is 2.07 bits per heavy atom. The number of anilines is 1. The Balaban J connectivity index is 2.54. The number of rotatable bonds is 1. The maximum Gasteiger partial charge on any atom is 0.124 e. The fourth-order valence-electron chi connectivity index (χ4n) is 1.28. The normalized spacial score (nSPS) is 9.87. The van der Waals surface area contributed by atoms with Gasteiger partial charge in [-0.1, -0.05) is 0 Å². The first-order valence-corrected chi connectivity index (χ1v) is 5.07. The number of hydrogen-bond donors (Lipinski definition) is 1. The molecule has 0 bridgehead atoms. The lowest BCUT2D eigenvalue weighted by Gasteiger charge is -2.02. The van der Waals surface area contributed by atoms with E-state index in [-0.39, 0.29) is 5.82 Å². The van der Waals surface area contributed by atoms with Crippen LogP contribution in [0.5, 0.6) is 0 Å². The number of thiophene rings is 1. The number of nitriles is 1. The van der Waals surface area contributed by atoms with E-state index >= 15 is 0 Å². The molecule has 0 unspecified atom stereocenters. The number of nitrogens with two attached hydrogens (primary N) is 1. The van der Waals surface area contributed by atoms with Crippen LogP contribution in [-0.4, -0.2) is 0 Å². The molecule has 0 saturated heterocycles. The molecule has 1 aromatic carbocycles. The summed E-state index contributed by atoms with van der Waals surface area (Å²) in [6.07, 6.45) is 0. The van der Waals surface area contributed by atoms with Crippen molar-refractivity contribution in [1.29, 1.82) is 5.26 Å². The molecule has 2 aromatic rings. The van der Waals surface area contributed by atoms with Crippen molar-refractivity contribution < 1.29 is 4.39 Å². The lowest BCUT2D eigenvalue weighted by Crippen LogP contribution is -1.89. The molecule has 0 spiro atoms. The first-order valence-electron chi connectivity index (χ1n) is 4.26. The first kappa shape index (κ1) is 9.69. The molecule has 74 valence electrons. The molecule has 0 saturated carbocycles. The molecule has 1 heterocycles. The lowest BCUT2D eigenvalue weighted by atomic mass is 10.1. The van der Waals surface area contributed by atoms with Gasteiger partial charge in [-0.2, -0.15) is 5.26 Å². The summed E-state index contributed by atoms with van der Waals surface area (Å²) in [6, 6.07) is 9.72. The maximum atomic E-state index is 13.0. The van der Waals surface area contributed by atoms with Crippen LogP contribution in [0.25, 0.3) is 10.4 Å². The highest BCUT2D eigenvalue weighted by Crippen LogP contribution is 2.32. The quantitative estimate of drug-likeness (QED) is 0.748. The molecule has 2 rings (SSSR count). The highest BCUT2D eigenvalue weighted by molar-refractivity contribution is 7.16. The zero-order valence-electron chi connectivity index (χ0n) is 7.70. The molecule has 0 amide bonds. The number of hydrogen-bond acceptors (Lipinski definition) is 3. The zero-order valence-corrected chi connectivity index (χ0v) is 8.51. The minimum absolute atomic E-state index is 0.328. The van der Waals surface area contributed by atoms with Gasteiger partial charge in [-0.15, -0.1) is 11.3 Å². The SMILES string of the molecule is N#Cc1ccc(-c2cc(F)ccc2N)s1. The standard InChI is InChI=1S/C11H7FN2S/c12-7-1-3-10(14)9(5-7)11-4-2-8(6-13)15-11/h1-5H,14H2. The third kappa shape index (κ3) is 1.83. The summed E-state index contributed by atoms with van der Waals surface area (Å²) >= 11 is 1.30. The summed E-state index contributed by atoms with van der Waals surface area (Å²) in [5.74, 6) is -0.328. The van der Waals surface area contributed by atoms with Gasteiger partial charge in [-0.25, -0.2) is 4.39 Å². The molecular weight excluding hydrogens is 211 g/mol. The zero-order chi connectivity index (χ0) is 10.8. The topological polar surface area (TPSA) is 49.8 Å². The third-order valence-corrected chi connectivity index (χ3v) is 3.02. The number of nitrogen functional groups attached to an aromatic ring is 1. The van der Waals surface area contributed by atoms with Crippen molar-refractivity contribution in [3.8, 4) is 16.5 Å². The predicted octanol–water partition coefficient (Wildman–Crippen LogP) is 3.01. The van der Waals surface area contributed by atoms with Gasteiger partial charge in [0.2, 0.25) is 0 Å². The van der Waals surface area contributed by atoms with Crippen LogP contribution >= 0.6 is 11.3 Å². The van der Waals surface area contributed by atoms with Crippen LogP contribution in [0.3, 0.4) is 0 Å². The second-order valence-electron chi connectivity index (χ2n) is 3.01. The molecule has 1 aromatic heterocycles. The summed E-state index contributed by atoms with van der Waals surface area (Å²) in [6.45, 7) is 0. The van der Waals surface area contributed by atoms with Gasteiger partial charge in [0.1, 0.15) is 16.8 Å². The maximum absolute atomic E-state index is 13.0. The summed E-state index contributed by atoms with van der Waals surface area (Å²) in [5, 5.41) is 8.68. The van der Waals surface area contributed by atoms with E-state index in [0.717, 1.165) is 4.88 Å². The summed E-state index contributed by atoms with van der Waals surface area (Å²) < 4.78 is 13.0. The molecule has 0 aliphatic carbocycles. The Hall–Kier alpha value is -1.86. The molecule has 2 nitrogen and oxygen atoms in total. The first-order chi connectivity index (χ1) is 7.20. The van der Waals surface area contributed by atoms with Gasteiger partial charge in [0.15, 0.2) is 0 Å². The van der Waals surface area contributed by atoms with E-state index in [9.17, 15) is 4.39 Å². The van der Waals surface area contributed by atoms with Crippen molar-refractivity contribution in [1.82, 2.24) is 0 Å². The molecule has 15 heavy (non-hydrogen) atoms. The summed E-state index contributed by atoms with van der Waals surface area (Å²) in [4.78, 5) is 1.40. The van der Waals surface area contributed by atoms with Crippen LogP contribution in [0.2, 0.25) is 0 Å². The fraction of sp³-hybridized carbons (Fsp3) is 0. The van der Waals surface area contributed by atoms with Crippen LogP contribution in [0.15, 0.2) is 30.3 Å². The smallest absolute Gasteiger partial charge is 0.124 e. The van der Waals surface area contributed by atoms with Gasteiger partial charge in [0, 0.05) is 16.1 Å². The van der Waals surface area contributed by atoms with E-state index in [1.807, 2.05) is 6.07 Å². The average Bonchev–Trinajstić information content (AvgIpc) is 2.70. The highest BCUT2D eigenvalue weighted by Gasteiger charge is 2.07. The van der Waals surface area contributed by atoms with Gasteiger partial charge < -0.3 is 5.73 Å². The van der Waals surface area contributed by atoms with Gasteiger partial charge in [0.25, 0.3) is 0 Å². The number of benzene rings is 1. The second kappa shape index (κ2) is 3.71. The van der Waals surface area contributed by atoms with Gasteiger partial charge >= 0.3 is 0 Å². The average molecular weight is 218 g/mol. The second-order valence-corrected chi connectivity index (χ2v) is 4.09. The van der Waals surface area contributed by atoms with Crippen LogP contribution < -0.4 is 5.73 Å². The van der Waals surface area contributed by atoms with Crippen molar-refractivity contribution in [3.63, 3.8) is 0 Å². The van der Waals surface area contributed by atoms with Crippen molar-refractivity contribution in [2.45, 2.75) is 0 Å². The molecule has 0 aliphatic heterocycles. The van der Waals surface area contributed by atoms with E-state index in [2.05, 4.69) is 0 Å². The van der Waals surface area contributed by atoms with E-state index in [4.69, 9.17) is 11.0 Å². The van der Waals surface area contributed by atoms with Crippen LogP contribution in [0.1, 0.15) is 4.88 Å². The molecular formula is C11H7FN2S. The largest absolute Gasteiger partial charge is 0.398 e. The lowest BCUT2D eigenvalue weighted by molar-refractivity contribution is 0.628. The molecule has 0 atom stereocenters. The molecule has 2 N–H and O–H groups in total. The minimum Gasteiger partial charge on any atom is -0.398 e. The van der Waals surface area contributed by atoms with Crippen molar-refractivity contribution in [3.05, 3.63) is 41.0 Å². The van der Waals surface area contributed by atoms with E-state index in [0.29, 0.717) is 16.1 Å². The Morgan fingerprint density at radius 1 is 1.27 bits per heavy atom. The summed E-state index contributed by atoms with van der Waals surface area (Å²) in [5.41, 5.74) is 6.89. The highest BCUT2D eigenvalue weighted by atomic mass is 32.1. The Labute approximate surface area is 90.4 Å². The van der Waals surface area contributed by atoms with Gasteiger partial charge in [0.05, 0.1) is 0 Å². The molecule has 0 fully saturated rings. The Kier molecular flexibility index (Phi) is 2.40. The van der Waals surface area contributed by atoms with E-state index < -0.39 is 0 Å². The molecule has 0 aliphatic rings. The van der Waals surface area contributed by atoms with E-state index in [1.54, 1.807) is 12.1 Å². The molecule has 0 radical (unpaired) electrons. The predicted molar refractivity (Wildman–Crippen MR) is 58.8 cm³/mol. The third-order valence-electron chi connectivity index (χ3n) is 2.00. The summed E-state index contributed by atoms with van der Waals surface area (Å²) in [7, 11) is 0. The fourth-order valence-corrected chi connectivity index (χ4v) is 2.13. The van der Waals surface area contributed by atoms with Crippen molar-refractivity contribution in [2.24, 2.45) is 0 Å². The number of halogens is 1. The van der Waals surface area contributed by atoms with Gasteiger partial charge in [-0.05, 0) is 30.3 Å². The monoisotopic (exact) mass is 218 g/mol. The van der Waals surface area contributed by atoms with Gasteiger partial charge in [-0.3, -0.25) is 0 Å². The minimum atomic E-state index is -0.328. The van der Waals surface area contributed by atoms with Crippen LogP contribution in [0.4, 0.5) is 10.1 Å². The van der Waals surface area contributed by atoms with Crippen molar-refractivity contribution >= 4 is 17.0 Å². The van der Waals surface area contributed by atoms with Crippen LogP contribution in [0, 0.1) is 17.1 Å². The van der Waals surface area contributed by atoms with Crippen molar-refractivity contribution in [2.75, 3.05) is 5.73 Å². The van der Waals surface area contributed by atoms with Crippen LogP contribution in [-0.2, 0) is 0 Å².